The molecule has 0 spiro atoms. The van der Waals surface area contributed by atoms with Crippen LogP contribution in [0.3, 0.4) is 0 Å². The number of carboxylic acids is 1. The number of hydrogen-bond donors (Lipinski definition) is 2. The number of benzene rings is 2. The van der Waals surface area contributed by atoms with Crippen LogP contribution in [0.5, 0.6) is 0 Å². The summed E-state index contributed by atoms with van der Waals surface area (Å²) in [5.41, 5.74) is 6.44. The van der Waals surface area contributed by atoms with Crippen LogP contribution in [0.2, 0.25) is 0 Å². The molecule has 1 unspecified atom stereocenters. The van der Waals surface area contributed by atoms with Crippen molar-refractivity contribution in [3.8, 4) is 0 Å². The molecule has 2 aromatic carbocycles. The molecule has 2 heterocycles. The van der Waals surface area contributed by atoms with Crippen molar-refractivity contribution >= 4 is 23.0 Å². The van der Waals surface area contributed by atoms with Gasteiger partial charge in [0.1, 0.15) is 6.10 Å². The van der Waals surface area contributed by atoms with Gasteiger partial charge in [0.15, 0.2) is 0 Å². The Kier molecular flexibility index (Phi) is 5.18. The zero-order chi connectivity index (χ0) is 20.4. The first-order chi connectivity index (χ1) is 14.0. The number of carboxylic acid groups (broad SMARTS) is 1. The molecule has 0 fully saturated rings. The van der Waals surface area contributed by atoms with Gasteiger partial charge in [-0.3, -0.25) is 4.98 Å². The molecule has 6 heteroatoms. The van der Waals surface area contributed by atoms with Crippen LogP contribution >= 0.6 is 0 Å². The lowest BCUT2D eigenvalue weighted by atomic mass is 10.0. The maximum Gasteiger partial charge on any atom is 0.337 e. The Morgan fingerprint density at radius 2 is 1.97 bits per heavy atom. The fraction of sp³-hybridized carbons (Fsp3) is 0.217. The molecular weight excluding hydrogens is 366 g/mol. The van der Waals surface area contributed by atoms with E-state index in [0.717, 1.165) is 22.5 Å². The Morgan fingerprint density at radius 3 is 2.72 bits per heavy atom. The molecule has 0 bridgehead atoms. The Balaban J connectivity index is 1.49. The molecule has 0 aliphatic carbocycles. The first kappa shape index (κ1) is 19.0. The number of anilines is 3. The fourth-order valence-corrected chi connectivity index (χ4v) is 3.53. The van der Waals surface area contributed by atoms with Gasteiger partial charge in [-0.15, -0.1) is 0 Å². The first-order valence-electron chi connectivity index (χ1n) is 9.49. The predicted molar refractivity (Wildman–Crippen MR) is 113 cm³/mol. The van der Waals surface area contributed by atoms with Crippen LogP contribution in [0.4, 0.5) is 17.1 Å². The maximum absolute atomic E-state index is 11.3. The molecule has 29 heavy (non-hydrogen) atoms. The Morgan fingerprint density at radius 1 is 1.21 bits per heavy atom. The van der Waals surface area contributed by atoms with E-state index in [1.54, 1.807) is 0 Å². The summed E-state index contributed by atoms with van der Waals surface area (Å²) in [5.74, 6) is -0.980. The van der Waals surface area contributed by atoms with Crippen LogP contribution in [-0.2, 0) is 11.3 Å². The second-order valence-electron chi connectivity index (χ2n) is 7.18. The van der Waals surface area contributed by atoms with Crippen molar-refractivity contribution in [2.45, 2.75) is 19.6 Å². The highest BCUT2D eigenvalue weighted by Gasteiger charge is 2.24. The minimum absolute atomic E-state index is 0.134. The van der Waals surface area contributed by atoms with E-state index < -0.39 is 5.97 Å². The van der Waals surface area contributed by atoms with E-state index in [4.69, 9.17) is 4.74 Å². The second-order valence-corrected chi connectivity index (χ2v) is 7.18. The van der Waals surface area contributed by atoms with Crippen molar-refractivity contribution in [1.29, 1.82) is 0 Å². The highest BCUT2D eigenvalue weighted by atomic mass is 16.5. The molecular formula is C23H23N3O3. The summed E-state index contributed by atoms with van der Waals surface area (Å²) < 4.78 is 5.95. The van der Waals surface area contributed by atoms with Crippen molar-refractivity contribution in [3.05, 3.63) is 83.2 Å². The van der Waals surface area contributed by atoms with Crippen LogP contribution in [0.15, 0.2) is 60.9 Å². The summed E-state index contributed by atoms with van der Waals surface area (Å²) in [4.78, 5) is 17.5. The van der Waals surface area contributed by atoms with E-state index in [9.17, 15) is 9.90 Å². The lowest BCUT2D eigenvalue weighted by molar-refractivity contribution is 0.0695. The van der Waals surface area contributed by atoms with Gasteiger partial charge in [0.25, 0.3) is 0 Å². The van der Waals surface area contributed by atoms with E-state index in [-0.39, 0.29) is 11.7 Å². The summed E-state index contributed by atoms with van der Waals surface area (Å²) in [5, 5.41) is 12.5. The molecule has 1 aromatic heterocycles. The summed E-state index contributed by atoms with van der Waals surface area (Å²) in [6.07, 6.45) is 2.87. The molecule has 2 N–H and O–H groups in total. The molecule has 3 aromatic rings. The highest BCUT2D eigenvalue weighted by Crippen LogP contribution is 2.35. The molecule has 0 saturated carbocycles. The number of ether oxygens (including phenoxy) is 1. The van der Waals surface area contributed by atoms with E-state index in [0.29, 0.717) is 18.8 Å². The van der Waals surface area contributed by atoms with Crippen LogP contribution in [0.1, 0.15) is 33.2 Å². The molecule has 4 rings (SSSR count). The number of fused-ring (bicyclic) bond motifs is 1. The monoisotopic (exact) mass is 389 g/mol. The van der Waals surface area contributed by atoms with Gasteiger partial charge in [0.2, 0.25) is 0 Å². The zero-order valence-electron chi connectivity index (χ0n) is 16.4. The Bertz CT molecular complexity index is 1030. The average Bonchev–Trinajstić information content (AvgIpc) is 3.14. The number of nitrogens with one attached hydrogen (secondary N) is 1. The molecule has 1 aliphatic rings. The molecule has 148 valence electrons. The molecule has 0 saturated heterocycles. The van der Waals surface area contributed by atoms with E-state index >= 15 is 0 Å². The van der Waals surface area contributed by atoms with Gasteiger partial charge in [-0.05, 0) is 48.4 Å². The minimum Gasteiger partial charge on any atom is -0.478 e. The van der Waals surface area contributed by atoms with Gasteiger partial charge in [0.05, 0.1) is 24.1 Å². The topological polar surface area (TPSA) is 74.7 Å². The normalized spacial score (nSPS) is 15.0. The third kappa shape index (κ3) is 3.93. The van der Waals surface area contributed by atoms with Crippen molar-refractivity contribution in [3.63, 3.8) is 0 Å². The lowest BCUT2D eigenvalue weighted by Gasteiger charge is -2.21. The first-order valence-corrected chi connectivity index (χ1v) is 9.49. The van der Waals surface area contributed by atoms with Crippen LogP contribution in [-0.4, -0.2) is 29.7 Å². The zero-order valence-corrected chi connectivity index (χ0v) is 16.4. The van der Waals surface area contributed by atoms with Gasteiger partial charge >= 0.3 is 5.97 Å². The van der Waals surface area contributed by atoms with Crippen molar-refractivity contribution in [2.75, 3.05) is 23.8 Å². The smallest absolute Gasteiger partial charge is 0.337 e. The Labute approximate surface area is 169 Å². The molecule has 0 radical (unpaired) electrons. The van der Waals surface area contributed by atoms with E-state index in [1.807, 2.05) is 0 Å². The fourth-order valence-electron chi connectivity index (χ4n) is 3.53. The van der Waals surface area contributed by atoms with Crippen LogP contribution < -0.4 is 10.2 Å². The maximum atomic E-state index is 11.3. The number of aromatic carboxylic acids is 1. The third-order valence-corrected chi connectivity index (χ3v) is 5.25. The summed E-state index contributed by atoms with van der Waals surface area (Å²) in [7, 11) is 2.05. The second kappa shape index (κ2) is 7.93. The van der Waals surface area contributed by atoms with Gasteiger partial charge in [0, 0.05) is 31.2 Å². The standard InChI is InChI=1S/C23H23N3O3/c1-15-3-5-17(6-4-15)26(2)18-7-8-19-16(11-18)14-29-22(19)13-25-21-12-24-10-9-20(21)23(27)28/h3-12,22,25H,13-14H2,1-2H3,(H,27,28). The van der Waals surface area contributed by atoms with Crippen molar-refractivity contribution in [1.82, 2.24) is 4.98 Å². The van der Waals surface area contributed by atoms with Crippen LogP contribution in [0, 0.1) is 6.92 Å². The summed E-state index contributed by atoms with van der Waals surface area (Å²) in [6.45, 7) is 3.10. The number of hydrogen-bond acceptors (Lipinski definition) is 5. The number of pyridine rings is 1. The number of carbonyl (C=O) groups is 1. The van der Waals surface area contributed by atoms with Gasteiger partial charge in [-0.25, -0.2) is 4.79 Å². The molecule has 6 nitrogen and oxygen atoms in total. The number of nitrogens with zero attached hydrogens (tertiary/aromatic N) is 2. The number of aromatic nitrogens is 1. The highest BCUT2D eigenvalue weighted by molar-refractivity contribution is 5.93. The van der Waals surface area contributed by atoms with Crippen molar-refractivity contribution < 1.29 is 14.6 Å². The molecule has 1 atom stereocenters. The number of rotatable bonds is 6. The quantitative estimate of drug-likeness (QED) is 0.645. The Hall–Kier alpha value is -3.38. The number of aryl methyl sites for hydroxylation is 1. The largest absolute Gasteiger partial charge is 0.478 e. The SMILES string of the molecule is Cc1ccc(N(C)c2ccc3c(c2)COC3CNc2cnccc2C(=O)O)cc1. The van der Waals surface area contributed by atoms with Gasteiger partial charge in [-0.2, -0.15) is 0 Å². The predicted octanol–water partition coefficient (Wildman–Crippen LogP) is 4.54. The summed E-state index contributed by atoms with van der Waals surface area (Å²) in [6, 6.07) is 16.3. The third-order valence-electron chi connectivity index (χ3n) is 5.25. The van der Waals surface area contributed by atoms with Crippen molar-refractivity contribution in [2.24, 2.45) is 0 Å². The van der Waals surface area contributed by atoms with Crippen LogP contribution in [0.25, 0.3) is 0 Å². The average molecular weight is 389 g/mol. The van der Waals surface area contributed by atoms with E-state index in [2.05, 4.69) is 71.6 Å². The molecule has 0 amide bonds. The van der Waals surface area contributed by atoms with E-state index in [1.165, 1.54) is 24.0 Å². The minimum atomic E-state index is -0.980. The molecule has 1 aliphatic heterocycles. The van der Waals surface area contributed by atoms with Gasteiger partial charge in [-0.1, -0.05) is 23.8 Å². The van der Waals surface area contributed by atoms with Gasteiger partial charge < -0.3 is 20.1 Å². The summed E-state index contributed by atoms with van der Waals surface area (Å²) >= 11 is 0. The lowest BCUT2D eigenvalue weighted by Crippen LogP contribution is -2.14.